The first kappa shape index (κ1) is 14.0. The summed E-state index contributed by atoms with van der Waals surface area (Å²) < 4.78 is 38.4. The number of benzene rings is 1. The van der Waals surface area contributed by atoms with E-state index >= 15 is 0 Å². The molecule has 0 spiro atoms. The first-order chi connectivity index (χ1) is 9.17. The Morgan fingerprint density at radius 3 is 2.74 bits per heavy atom. The molecule has 2 atom stereocenters. The van der Waals surface area contributed by atoms with Crippen molar-refractivity contribution in [2.24, 2.45) is 0 Å². The van der Waals surface area contributed by atoms with Crippen molar-refractivity contribution >= 4 is 0 Å². The number of rotatable bonds is 4. The summed E-state index contributed by atoms with van der Waals surface area (Å²) in [5.41, 5.74) is 0.364. The summed E-state index contributed by atoms with van der Waals surface area (Å²) >= 11 is 0. The van der Waals surface area contributed by atoms with E-state index in [-0.39, 0.29) is 17.8 Å². The maximum absolute atomic E-state index is 14.0. The number of ether oxygens (including phenoxy) is 2. The molecule has 1 saturated heterocycles. The molecular formula is C15H18F2O2. The summed E-state index contributed by atoms with van der Waals surface area (Å²) in [6.07, 6.45) is 3.31. The van der Waals surface area contributed by atoms with Crippen molar-refractivity contribution in [1.82, 2.24) is 0 Å². The van der Waals surface area contributed by atoms with Crippen LogP contribution in [0.4, 0.5) is 8.78 Å². The summed E-state index contributed by atoms with van der Waals surface area (Å²) in [5.74, 6) is -1.88. The predicted molar refractivity (Wildman–Crippen MR) is 69.4 cm³/mol. The third-order valence-electron chi connectivity index (χ3n) is 3.39. The van der Waals surface area contributed by atoms with Gasteiger partial charge in [0, 0.05) is 5.92 Å². The molecule has 0 amide bonds. The van der Waals surface area contributed by atoms with Crippen LogP contribution in [-0.4, -0.2) is 19.3 Å². The molecule has 0 aliphatic carbocycles. The second-order valence-electron chi connectivity index (χ2n) is 4.60. The maximum Gasteiger partial charge on any atom is 0.200 e. The summed E-state index contributed by atoms with van der Waals surface area (Å²) in [6.45, 7) is 6.10. The summed E-state index contributed by atoms with van der Waals surface area (Å²) in [5, 5.41) is 0. The van der Waals surface area contributed by atoms with E-state index in [4.69, 9.17) is 9.47 Å². The van der Waals surface area contributed by atoms with E-state index in [2.05, 4.69) is 6.58 Å². The van der Waals surface area contributed by atoms with Crippen LogP contribution in [0.15, 0.2) is 24.8 Å². The van der Waals surface area contributed by atoms with Gasteiger partial charge in [0.15, 0.2) is 11.6 Å². The molecule has 1 aliphatic rings. The van der Waals surface area contributed by atoms with Gasteiger partial charge in [-0.3, -0.25) is 0 Å². The normalized spacial score (nSPS) is 23.1. The van der Waals surface area contributed by atoms with Crippen molar-refractivity contribution in [2.45, 2.75) is 31.8 Å². The fraction of sp³-hybridized carbons (Fsp3) is 0.467. The van der Waals surface area contributed by atoms with Crippen LogP contribution in [0.25, 0.3) is 0 Å². The Bertz CT molecular complexity index is 452. The van der Waals surface area contributed by atoms with E-state index in [1.54, 1.807) is 19.1 Å². The third kappa shape index (κ3) is 2.95. The van der Waals surface area contributed by atoms with Gasteiger partial charge >= 0.3 is 0 Å². The molecular weight excluding hydrogens is 250 g/mol. The lowest BCUT2D eigenvalue weighted by atomic mass is 9.91. The van der Waals surface area contributed by atoms with Crippen molar-refractivity contribution < 1.29 is 18.3 Å². The van der Waals surface area contributed by atoms with Gasteiger partial charge in [0.2, 0.25) is 5.82 Å². The Morgan fingerprint density at radius 1 is 1.37 bits per heavy atom. The van der Waals surface area contributed by atoms with Crippen molar-refractivity contribution in [1.29, 1.82) is 0 Å². The van der Waals surface area contributed by atoms with Crippen LogP contribution in [0.2, 0.25) is 0 Å². The molecule has 0 aromatic heterocycles. The Kier molecular flexibility index (Phi) is 4.53. The van der Waals surface area contributed by atoms with E-state index < -0.39 is 11.6 Å². The van der Waals surface area contributed by atoms with Gasteiger partial charge in [0.1, 0.15) is 0 Å². The second-order valence-corrected chi connectivity index (χ2v) is 4.60. The first-order valence-corrected chi connectivity index (χ1v) is 6.52. The van der Waals surface area contributed by atoms with E-state index in [9.17, 15) is 8.78 Å². The molecule has 19 heavy (non-hydrogen) atoms. The van der Waals surface area contributed by atoms with E-state index in [1.165, 1.54) is 6.07 Å². The van der Waals surface area contributed by atoms with Gasteiger partial charge in [-0.05, 0) is 31.4 Å². The van der Waals surface area contributed by atoms with Gasteiger partial charge in [-0.25, -0.2) is 4.39 Å². The van der Waals surface area contributed by atoms with Crippen LogP contribution < -0.4 is 4.74 Å². The third-order valence-corrected chi connectivity index (χ3v) is 3.39. The van der Waals surface area contributed by atoms with Crippen LogP contribution in [0.5, 0.6) is 5.75 Å². The lowest BCUT2D eigenvalue weighted by Crippen LogP contribution is -2.23. The quantitative estimate of drug-likeness (QED) is 0.773. The average molecular weight is 268 g/mol. The van der Waals surface area contributed by atoms with Gasteiger partial charge in [-0.1, -0.05) is 12.1 Å². The zero-order valence-corrected chi connectivity index (χ0v) is 11.0. The van der Waals surface area contributed by atoms with Crippen LogP contribution in [-0.2, 0) is 4.74 Å². The minimum atomic E-state index is -0.912. The van der Waals surface area contributed by atoms with Gasteiger partial charge in [-0.15, -0.1) is 6.58 Å². The average Bonchev–Trinajstić information content (AvgIpc) is 2.45. The highest BCUT2D eigenvalue weighted by molar-refractivity contribution is 5.33. The predicted octanol–water partition coefficient (Wildman–Crippen LogP) is 3.81. The van der Waals surface area contributed by atoms with Gasteiger partial charge in [0.25, 0.3) is 0 Å². The molecule has 2 rings (SSSR count). The monoisotopic (exact) mass is 268 g/mol. The van der Waals surface area contributed by atoms with Gasteiger partial charge in [0.05, 0.1) is 19.3 Å². The highest BCUT2D eigenvalue weighted by Gasteiger charge is 2.26. The molecule has 2 nitrogen and oxygen atoms in total. The van der Waals surface area contributed by atoms with Gasteiger partial charge < -0.3 is 9.47 Å². The SMILES string of the molecule is C=CC1CCC(c2ccc(OCC)c(F)c2F)CO1. The molecule has 1 aromatic rings. The number of hydrogen-bond acceptors (Lipinski definition) is 2. The highest BCUT2D eigenvalue weighted by atomic mass is 19.2. The van der Waals surface area contributed by atoms with Crippen LogP contribution in [0, 0.1) is 11.6 Å². The lowest BCUT2D eigenvalue weighted by Gasteiger charge is -2.28. The molecule has 1 aromatic carbocycles. The van der Waals surface area contributed by atoms with Crippen molar-refractivity contribution in [3.8, 4) is 5.75 Å². The smallest absolute Gasteiger partial charge is 0.200 e. The molecule has 1 heterocycles. The van der Waals surface area contributed by atoms with Crippen molar-refractivity contribution in [3.05, 3.63) is 42.0 Å². The Balaban J connectivity index is 2.17. The standard InChI is InChI=1S/C15H18F2O2/c1-3-11-6-5-10(9-19-11)12-7-8-13(18-4-2)15(17)14(12)16/h3,7-8,10-11H,1,4-6,9H2,2H3. The molecule has 0 N–H and O–H groups in total. The maximum atomic E-state index is 14.0. The molecule has 0 bridgehead atoms. The topological polar surface area (TPSA) is 18.5 Å². The fourth-order valence-electron chi connectivity index (χ4n) is 2.33. The van der Waals surface area contributed by atoms with Crippen molar-refractivity contribution in [2.75, 3.05) is 13.2 Å². The van der Waals surface area contributed by atoms with Crippen LogP contribution >= 0.6 is 0 Å². The van der Waals surface area contributed by atoms with Crippen LogP contribution in [0.1, 0.15) is 31.2 Å². The van der Waals surface area contributed by atoms with Crippen LogP contribution in [0.3, 0.4) is 0 Å². The molecule has 0 radical (unpaired) electrons. The second kappa shape index (κ2) is 6.15. The zero-order valence-electron chi connectivity index (χ0n) is 11.0. The molecule has 104 valence electrons. The Morgan fingerprint density at radius 2 is 2.16 bits per heavy atom. The highest BCUT2D eigenvalue weighted by Crippen LogP contribution is 2.33. The van der Waals surface area contributed by atoms with E-state index in [0.29, 0.717) is 18.8 Å². The van der Waals surface area contributed by atoms with Crippen molar-refractivity contribution in [3.63, 3.8) is 0 Å². The molecule has 4 heteroatoms. The minimum absolute atomic E-state index is 0.0202. The number of hydrogen-bond donors (Lipinski definition) is 0. The Hall–Kier alpha value is -1.42. The largest absolute Gasteiger partial charge is 0.491 e. The van der Waals surface area contributed by atoms with E-state index in [1.807, 2.05) is 0 Å². The molecule has 1 fully saturated rings. The Labute approximate surface area is 112 Å². The first-order valence-electron chi connectivity index (χ1n) is 6.52. The molecule has 2 unspecified atom stereocenters. The summed E-state index contributed by atoms with van der Waals surface area (Å²) in [7, 11) is 0. The summed E-state index contributed by atoms with van der Waals surface area (Å²) in [6, 6.07) is 3.07. The minimum Gasteiger partial charge on any atom is -0.491 e. The van der Waals surface area contributed by atoms with E-state index in [0.717, 1.165) is 12.8 Å². The lowest BCUT2D eigenvalue weighted by molar-refractivity contribution is 0.0320. The molecule has 0 saturated carbocycles. The fourth-order valence-corrected chi connectivity index (χ4v) is 2.33. The number of halogens is 2. The zero-order chi connectivity index (χ0) is 13.8. The van der Waals surface area contributed by atoms with Gasteiger partial charge in [-0.2, -0.15) is 4.39 Å². The summed E-state index contributed by atoms with van der Waals surface area (Å²) in [4.78, 5) is 0. The molecule has 1 aliphatic heterocycles.